The minimum Gasteiger partial charge on any atom is -0.493 e. The first-order valence-corrected chi connectivity index (χ1v) is 11.6. The molecular weight excluding hydrogens is 477 g/mol. The second-order valence-electron chi connectivity index (χ2n) is 6.51. The molecule has 0 radical (unpaired) electrons. The number of aromatic nitrogens is 2. The van der Waals surface area contributed by atoms with Crippen molar-refractivity contribution in [1.29, 1.82) is 0 Å². The Labute approximate surface area is 196 Å². The van der Waals surface area contributed by atoms with E-state index in [1.165, 1.54) is 22.7 Å². The maximum Gasteiger partial charge on any atom is 0.216 e. The highest BCUT2D eigenvalue weighted by Crippen LogP contribution is 2.31. The van der Waals surface area contributed by atoms with Crippen molar-refractivity contribution in [2.45, 2.75) is 13.3 Å². The molecular formula is C21H15Cl2N3OS3. The van der Waals surface area contributed by atoms with E-state index in [1.54, 1.807) is 23.0 Å². The number of nitrogens with zero attached hydrogens (tertiary/aromatic N) is 3. The largest absolute Gasteiger partial charge is 0.493 e. The zero-order valence-corrected chi connectivity index (χ0v) is 19.6. The number of aromatic hydroxyl groups is 1. The third kappa shape index (κ3) is 4.66. The summed E-state index contributed by atoms with van der Waals surface area (Å²) in [5.74, 6) is 0.0716. The maximum atomic E-state index is 10.6. The van der Waals surface area contributed by atoms with Crippen LogP contribution in [0, 0.1) is 10.9 Å². The molecule has 0 unspecified atom stereocenters. The van der Waals surface area contributed by atoms with Gasteiger partial charge in [-0.05, 0) is 49.0 Å². The quantitative estimate of drug-likeness (QED) is 0.234. The number of hydrogen-bond acceptors (Lipinski definition) is 6. The molecule has 0 amide bonds. The fraction of sp³-hybridized carbons (Fsp3) is 0.0952. The molecule has 1 N–H and O–H groups in total. The number of aryl methyl sites for hydroxylation is 1. The normalized spacial score (nSPS) is 11.4. The highest BCUT2D eigenvalue weighted by molar-refractivity contribution is 7.73. The molecule has 0 bridgehead atoms. The van der Waals surface area contributed by atoms with Crippen molar-refractivity contribution >= 4 is 69.4 Å². The molecule has 152 valence electrons. The van der Waals surface area contributed by atoms with Gasteiger partial charge in [-0.1, -0.05) is 69.6 Å². The lowest BCUT2D eigenvalue weighted by atomic mass is 10.1. The van der Waals surface area contributed by atoms with Crippen molar-refractivity contribution < 1.29 is 5.11 Å². The van der Waals surface area contributed by atoms with Gasteiger partial charge in [0.2, 0.25) is 11.0 Å². The lowest BCUT2D eigenvalue weighted by molar-refractivity contribution is 0.441. The van der Waals surface area contributed by atoms with Crippen molar-refractivity contribution in [2.24, 2.45) is 4.99 Å². The van der Waals surface area contributed by atoms with E-state index in [1.807, 2.05) is 43.3 Å². The molecule has 0 aliphatic carbocycles. The molecule has 2 aromatic carbocycles. The van der Waals surface area contributed by atoms with E-state index in [9.17, 15) is 5.11 Å². The first-order valence-electron chi connectivity index (χ1n) is 8.85. The maximum absolute atomic E-state index is 10.6. The van der Waals surface area contributed by atoms with E-state index >= 15 is 0 Å². The molecule has 4 nitrogen and oxygen atoms in total. The molecule has 0 aliphatic rings. The van der Waals surface area contributed by atoms with Gasteiger partial charge in [-0.15, -0.1) is 0 Å². The number of benzene rings is 2. The fourth-order valence-electron chi connectivity index (χ4n) is 2.79. The minimum atomic E-state index is 0.0716. The summed E-state index contributed by atoms with van der Waals surface area (Å²) in [6, 6.07) is 13.3. The van der Waals surface area contributed by atoms with E-state index in [4.69, 9.17) is 35.4 Å². The molecule has 30 heavy (non-hydrogen) atoms. The first kappa shape index (κ1) is 21.2. The molecule has 4 rings (SSSR count). The average molecular weight is 492 g/mol. The van der Waals surface area contributed by atoms with E-state index < -0.39 is 0 Å². The highest BCUT2D eigenvalue weighted by Gasteiger charge is 2.12. The molecule has 9 heteroatoms. The topological polar surface area (TPSA) is 50.4 Å². The predicted molar refractivity (Wildman–Crippen MR) is 130 cm³/mol. The Bertz CT molecular complexity index is 1290. The van der Waals surface area contributed by atoms with Gasteiger partial charge in [-0.3, -0.25) is 4.57 Å². The number of aliphatic imine (C=N–C) groups is 1. The Kier molecular flexibility index (Phi) is 6.36. The van der Waals surface area contributed by atoms with Crippen LogP contribution >= 0.6 is 58.1 Å². The van der Waals surface area contributed by atoms with Gasteiger partial charge in [0.15, 0.2) is 3.95 Å². The van der Waals surface area contributed by atoms with Gasteiger partial charge in [0.25, 0.3) is 0 Å². The molecule has 0 saturated heterocycles. The molecule has 0 aliphatic heterocycles. The van der Waals surface area contributed by atoms with Crippen LogP contribution < -0.4 is 0 Å². The summed E-state index contributed by atoms with van der Waals surface area (Å²) < 4.78 is 2.19. The van der Waals surface area contributed by atoms with Crippen LogP contribution in [0.25, 0.3) is 5.69 Å². The SMILES string of the molecule is Cc1ccc(-n2c(O)c(/C=N/c3ncc(Cc4ccc(Cl)cc4Cl)s3)sc2=S)cc1. The summed E-state index contributed by atoms with van der Waals surface area (Å²) in [5.41, 5.74) is 2.93. The van der Waals surface area contributed by atoms with Crippen LogP contribution in [0.4, 0.5) is 5.13 Å². The van der Waals surface area contributed by atoms with Crippen LogP contribution in [0.5, 0.6) is 5.88 Å². The molecule has 2 aromatic heterocycles. The number of hydrogen-bond donors (Lipinski definition) is 1. The van der Waals surface area contributed by atoms with E-state index in [0.717, 1.165) is 21.7 Å². The lowest BCUT2D eigenvalue weighted by Crippen LogP contribution is -1.93. The van der Waals surface area contributed by atoms with Gasteiger partial charge in [0.1, 0.15) is 4.88 Å². The molecule has 0 fully saturated rings. The summed E-state index contributed by atoms with van der Waals surface area (Å²) in [6.45, 7) is 2.01. The van der Waals surface area contributed by atoms with Crippen LogP contribution in [-0.2, 0) is 6.42 Å². The van der Waals surface area contributed by atoms with Crippen LogP contribution in [-0.4, -0.2) is 20.9 Å². The molecule has 0 saturated carbocycles. The fourth-order valence-corrected chi connectivity index (χ4v) is 5.27. The van der Waals surface area contributed by atoms with Gasteiger partial charge in [-0.2, -0.15) is 0 Å². The zero-order valence-electron chi connectivity index (χ0n) is 15.7. The summed E-state index contributed by atoms with van der Waals surface area (Å²) in [7, 11) is 0. The van der Waals surface area contributed by atoms with Gasteiger partial charge in [0, 0.05) is 27.5 Å². The molecule has 0 atom stereocenters. The van der Waals surface area contributed by atoms with Gasteiger partial charge in [0.05, 0.1) is 11.9 Å². The van der Waals surface area contributed by atoms with Gasteiger partial charge in [-0.25, -0.2) is 9.98 Å². The molecule has 4 aromatic rings. The molecule has 0 spiro atoms. The monoisotopic (exact) mass is 491 g/mol. The van der Waals surface area contributed by atoms with Crippen LogP contribution in [0.15, 0.2) is 53.7 Å². The Morgan fingerprint density at radius 1 is 1.17 bits per heavy atom. The van der Waals surface area contributed by atoms with E-state index in [0.29, 0.717) is 30.4 Å². The van der Waals surface area contributed by atoms with E-state index in [-0.39, 0.29) is 5.88 Å². The highest BCUT2D eigenvalue weighted by atomic mass is 35.5. The van der Waals surface area contributed by atoms with Crippen LogP contribution in [0.2, 0.25) is 10.0 Å². The Morgan fingerprint density at radius 3 is 2.67 bits per heavy atom. The number of rotatable bonds is 5. The predicted octanol–water partition coefficient (Wildman–Crippen LogP) is 7.39. The first-order chi connectivity index (χ1) is 14.4. The van der Waals surface area contributed by atoms with Crippen molar-refractivity contribution in [3.8, 4) is 11.6 Å². The molecule has 2 heterocycles. The Morgan fingerprint density at radius 2 is 1.93 bits per heavy atom. The zero-order chi connectivity index (χ0) is 21.3. The second kappa shape index (κ2) is 8.99. The van der Waals surface area contributed by atoms with Gasteiger partial charge >= 0.3 is 0 Å². The summed E-state index contributed by atoms with van der Waals surface area (Å²) in [6.07, 6.45) is 4.02. The van der Waals surface area contributed by atoms with Crippen molar-refractivity contribution in [3.63, 3.8) is 0 Å². The standard InChI is InChI=1S/C21H15Cl2N3OS3/c1-12-2-6-15(7-3-12)26-19(27)18(30-21(26)28)11-25-20-24-10-16(29-20)8-13-4-5-14(22)9-17(13)23/h2-7,9-11,27H,8H2,1H3/b25-11+. The second-order valence-corrected chi connectivity index (χ2v) is 10.1. The van der Waals surface area contributed by atoms with E-state index in [2.05, 4.69) is 9.98 Å². The Balaban J connectivity index is 1.54. The summed E-state index contributed by atoms with van der Waals surface area (Å²) >= 11 is 20.4. The van der Waals surface area contributed by atoms with Gasteiger partial charge < -0.3 is 5.11 Å². The van der Waals surface area contributed by atoms with Crippen molar-refractivity contribution in [3.05, 3.63) is 83.5 Å². The Hall–Kier alpha value is -2.03. The summed E-state index contributed by atoms with van der Waals surface area (Å²) in [4.78, 5) is 10.4. The van der Waals surface area contributed by atoms with Crippen LogP contribution in [0.1, 0.15) is 20.9 Å². The average Bonchev–Trinajstić information content (AvgIpc) is 3.27. The smallest absolute Gasteiger partial charge is 0.216 e. The van der Waals surface area contributed by atoms with Crippen LogP contribution in [0.3, 0.4) is 0 Å². The number of thiazole rings is 2. The summed E-state index contributed by atoms with van der Waals surface area (Å²) in [5, 5.41) is 12.5. The lowest BCUT2D eigenvalue weighted by Gasteiger charge is -2.04. The third-order valence-electron chi connectivity index (χ3n) is 4.32. The van der Waals surface area contributed by atoms with Crippen molar-refractivity contribution in [1.82, 2.24) is 9.55 Å². The minimum absolute atomic E-state index is 0.0716. The van der Waals surface area contributed by atoms with Crippen molar-refractivity contribution in [2.75, 3.05) is 0 Å². The number of halogens is 2. The third-order valence-corrected chi connectivity index (χ3v) is 7.11.